The molecule has 154 valence electrons. The van der Waals surface area contributed by atoms with E-state index >= 15 is 0 Å². The Morgan fingerprint density at radius 1 is 0.897 bits per heavy atom. The molecule has 1 N–H and O–H groups in total. The third kappa shape index (κ3) is 7.61. The van der Waals surface area contributed by atoms with Gasteiger partial charge < -0.3 is 9.84 Å². The maximum atomic E-state index is 11.5. The molecule has 2 aromatic rings. The highest BCUT2D eigenvalue weighted by Gasteiger charge is 2.09. The summed E-state index contributed by atoms with van der Waals surface area (Å²) in [5.41, 5.74) is 3.11. The van der Waals surface area contributed by atoms with E-state index in [1.54, 1.807) is 12.2 Å². The van der Waals surface area contributed by atoms with E-state index in [4.69, 9.17) is 4.74 Å². The molecular weight excluding hydrogens is 360 g/mol. The standard InChI is InChI=1S/C26H32O3/c1-3-5-7-8-9-10-20-29-24-18-16-22(17-19-24)21-12-14-23(15-13-21)25(26(27)28)11-6-4-2/h4,6,11-19H,3,5,7-10,20H2,1-2H3,(H,27,28). The molecule has 0 radical (unpaired) electrons. The summed E-state index contributed by atoms with van der Waals surface area (Å²) in [6, 6.07) is 15.7. The van der Waals surface area contributed by atoms with Crippen molar-refractivity contribution in [3.05, 3.63) is 72.3 Å². The molecule has 3 nitrogen and oxygen atoms in total. The normalized spacial score (nSPS) is 11.7. The summed E-state index contributed by atoms with van der Waals surface area (Å²) in [6.45, 7) is 4.85. The number of hydrogen-bond acceptors (Lipinski definition) is 2. The molecule has 0 aliphatic rings. The first kappa shape index (κ1) is 22.5. The summed E-state index contributed by atoms with van der Waals surface area (Å²) < 4.78 is 5.84. The number of rotatable bonds is 12. The molecule has 0 saturated carbocycles. The van der Waals surface area contributed by atoms with Crippen molar-refractivity contribution >= 4 is 11.5 Å². The molecule has 2 aromatic carbocycles. The van der Waals surface area contributed by atoms with Crippen LogP contribution in [0.2, 0.25) is 0 Å². The zero-order chi connectivity index (χ0) is 20.9. The maximum Gasteiger partial charge on any atom is 0.336 e. The van der Waals surface area contributed by atoms with E-state index in [-0.39, 0.29) is 5.57 Å². The van der Waals surface area contributed by atoms with Gasteiger partial charge in [-0.3, -0.25) is 0 Å². The van der Waals surface area contributed by atoms with Gasteiger partial charge in [-0.1, -0.05) is 87.6 Å². The van der Waals surface area contributed by atoms with Crippen molar-refractivity contribution in [2.45, 2.75) is 52.4 Å². The van der Waals surface area contributed by atoms with Crippen LogP contribution in [0.1, 0.15) is 57.9 Å². The van der Waals surface area contributed by atoms with Crippen LogP contribution >= 0.6 is 0 Å². The maximum absolute atomic E-state index is 11.5. The molecule has 3 heteroatoms. The number of carbonyl (C=O) groups is 1. The minimum atomic E-state index is -0.928. The van der Waals surface area contributed by atoms with Crippen LogP contribution in [0.25, 0.3) is 16.7 Å². The number of benzene rings is 2. The van der Waals surface area contributed by atoms with E-state index in [9.17, 15) is 9.90 Å². The lowest BCUT2D eigenvalue weighted by molar-refractivity contribution is -0.130. The summed E-state index contributed by atoms with van der Waals surface area (Å²) in [7, 11) is 0. The number of hydrogen-bond donors (Lipinski definition) is 1. The summed E-state index contributed by atoms with van der Waals surface area (Å²) >= 11 is 0. The second-order valence-electron chi connectivity index (χ2n) is 7.13. The quantitative estimate of drug-likeness (QED) is 0.237. The lowest BCUT2D eigenvalue weighted by atomic mass is 10.00. The van der Waals surface area contributed by atoms with Gasteiger partial charge >= 0.3 is 5.97 Å². The van der Waals surface area contributed by atoms with Crippen molar-refractivity contribution in [2.75, 3.05) is 6.61 Å². The van der Waals surface area contributed by atoms with Crippen LogP contribution in [0.15, 0.2) is 66.8 Å². The van der Waals surface area contributed by atoms with E-state index in [2.05, 4.69) is 6.92 Å². The molecule has 0 aromatic heterocycles. The molecule has 0 bridgehead atoms. The van der Waals surface area contributed by atoms with Crippen LogP contribution < -0.4 is 4.74 Å². The second-order valence-corrected chi connectivity index (χ2v) is 7.13. The van der Waals surface area contributed by atoms with Crippen LogP contribution in [0.5, 0.6) is 5.75 Å². The molecule has 0 aliphatic carbocycles. The Balaban J connectivity index is 1.92. The molecule has 0 heterocycles. The lowest BCUT2D eigenvalue weighted by Gasteiger charge is -2.08. The molecule has 0 unspecified atom stereocenters. The number of carboxylic acids is 1. The van der Waals surface area contributed by atoms with Gasteiger partial charge in [0.1, 0.15) is 5.75 Å². The molecular formula is C26H32O3. The fourth-order valence-electron chi connectivity index (χ4n) is 3.14. The van der Waals surface area contributed by atoms with Crippen molar-refractivity contribution in [2.24, 2.45) is 0 Å². The van der Waals surface area contributed by atoms with Gasteiger partial charge in [0.05, 0.1) is 12.2 Å². The first-order valence-corrected chi connectivity index (χ1v) is 10.6. The molecule has 0 aliphatic heterocycles. The highest BCUT2D eigenvalue weighted by molar-refractivity contribution is 6.15. The number of carboxylic acid groups (broad SMARTS) is 1. The fraction of sp³-hybridized carbons (Fsp3) is 0.346. The third-order valence-corrected chi connectivity index (χ3v) is 4.84. The molecule has 29 heavy (non-hydrogen) atoms. The van der Waals surface area contributed by atoms with E-state index in [1.165, 1.54) is 32.1 Å². The fourth-order valence-corrected chi connectivity index (χ4v) is 3.14. The Kier molecular flexibility index (Phi) is 9.77. The van der Waals surface area contributed by atoms with Crippen molar-refractivity contribution in [3.8, 4) is 16.9 Å². The van der Waals surface area contributed by atoms with Gasteiger partial charge in [-0.15, -0.1) is 0 Å². The molecule has 0 spiro atoms. The van der Waals surface area contributed by atoms with Crippen LogP contribution in [-0.2, 0) is 4.79 Å². The van der Waals surface area contributed by atoms with Crippen molar-refractivity contribution in [1.29, 1.82) is 0 Å². The third-order valence-electron chi connectivity index (χ3n) is 4.84. The van der Waals surface area contributed by atoms with Gasteiger partial charge in [0.25, 0.3) is 0 Å². The summed E-state index contributed by atoms with van der Waals surface area (Å²) in [6.07, 6.45) is 12.7. The predicted octanol–water partition coefficient (Wildman–Crippen LogP) is 7.14. The topological polar surface area (TPSA) is 46.5 Å². The predicted molar refractivity (Wildman–Crippen MR) is 121 cm³/mol. The largest absolute Gasteiger partial charge is 0.494 e. The Labute approximate surface area is 174 Å². The Morgan fingerprint density at radius 3 is 2.07 bits per heavy atom. The molecule has 0 fully saturated rings. The average Bonchev–Trinajstić information content (AvgIpc) is 2.74. The minimum absolute atomic E-state index is 0.285. The van der Waals surface area contributed by atoms with E-state index in [1.807, 2.05) is 61.5 Å². The van der Waals surface area contributed by atoms with Crippen molar-refractivity contribution in [1.82, 2.24) is 0 Å². The van der Waals surface area contributed by atoms with Gasteiger partial charge in [-0.05, 0) is 48.2 Å². The lowest BCUT2D eigenvalue weighted by Crippen LogP contribution is -1.99. The van der Waals surface area contributed by atoms with Crippen LogP contribution in [0, 0.1) is 0 Å². The Morgan fingerprint density at radius 2 is 1.48 bits per heavy atom. The first-order valence-electron chi connectivity index (χ1n) is 10.6. The number of allylic oxidation sites excluding steroid dienone is 3. The SMILES string of the molecule is CC=CC=C(C(=O)O)c1ccc(-c2ccc(OCCCCCCCC)cc2)cc1. The van der Waals surface area contributed by atoms with Gasteiger partial charge in [0.2, 0.25) is 0 Å². The summed E-state index contributed by atoms with van der Waals surface area (Å²) in [4.78, 5) is 11.5. The minimum Gasteiger partial charge on any atom is -0.494 e. The molecule has 0 amide bonds. The number of unbranched alkanes of at least 4 members (excludes halogenated alkanes) is 5. The highest BCUT2D eigenvalue weighted by atomic mass is 16.5. The monoisotopic (exact) mass is 392 g/mol. The van der Waals surface area contributed by atoms with Crippen LogP contribution in [0.4, 0.5) is 0 Å². The average molecular weight is 393 g/mol. The second kappa shape index (κ2) is 12.6. The number of aliphatic carboxylic acids is 1. The molecule has 0 saturated heterocycles. The van der Waals surface area contributed by atoms with Crippen LogP contribution in [0.3, 0.4) is 0 Å². The van der Waals surface area contributed by atoms with Gasteiger partial charge in [0, 0.05) is 0 Å². The van der Waals surface area contributed by atoms with Gasteiger partial charge in [-0.25, -0.2) is 4.79 Å². The Bertz CT molecular complexity index is 799. The van der Waals surface area contributed by atoms with Crippen LogP contribution in [-0.4, -0.2) is 17.7 Å². The number of ether oxygens (including phenoxy) is 1. The molecule has 2 rings (SSSR count). The smallest absolute Gasteiger partial charge is 0.336 e. The summed E-state index contributed by atoms with van der Waals surface area (Å²) in [5, 5.41) is 9.40. The van der Waals surface area contributed by atoms with Crippen molar-refractivity contribution < 1.29 is 14.6 Å². The van der Waals surface area contributed by atoms with E-state index in [0.29, 0.717) is 5.56 Å². The zero-order valence-electron chi connectivity index (χ0n) is 17.6. The zero-order valence-corrected chi connectivity index (χ0v) is 17.6. The van der Waals surface area contributed by atoms with E-state index < -0.39 is 5.97 Å². The van der Waals surface area contributed by atoms with Crippen molar-refractivity contribution in [3.63, 3.8) is 0 Å². The molecule has 0 atom stereocenters. The summed E-state index contributed by atoms with van der Waals surface area (Å²) in [5.74, 6) is -0.0379. The Hall–Kier alpha value is -2.81. The highest BCUT2D eigenvalue weighted by Crippen LogP contribution is 2.25. The van der Waals surface area contributed by atoms with Gasteiger partial charge in [-0.2, -0.15) is 0 Å². The van der Waals surface area contributed by atoms with Gasteiger partial charge in [0.15, 0.2) is 0 Å². The van der Waals surface area contributed by atoms with E-state index in [0.717, 1.165) is 29.9 Å². The first-order chi connectivity index (χ1) is 14.2.